The Morgan fingerprint density at radius 1 is 1.35 bits per heavy atom. The van der Waals surface area contributed by atoms with Crippen molar-refractivity contribution in [3.8, 4) is 0 Å². The lowest BCUT2D eigenvalue weighted by molar-refractivity contribution is 0.0531. The van der Waals surface area contributed by atoms with Crippen LogP contribution < -0.4 is 10.9 Å². The minimum Gasteiger partial charge on any atom is -0.462 e. The van der Waals surface area contributed by atoms with E-state index in [1.54, 1.807) is 24.7 Å². The van der Waals surface area contributed by atoms with E-state index in [-0.39, 0.29) is 28.6 Å². The second-order valence-corrected chi connectivity index (χ2v) is 9.37. The Kier molecular flexibility index (Phi) is 4.73. The molecule has 3 heterocycles. The maximum Gasteiger partial charge on any atom is 0.348 e. The molecule has 1 aliphatic heterocycles. The van der Waals surface area contributed by atoms with Crippen molar-refractivity contribution in [2.45, 2.75) is 71.5 Å². The quantitative estimate of drug-likeness (QED) is 0.830. The molecule has 0 saturated carbocycles. The van der Waals surface area contributed by atoms with E-state index in [9.17, 15) is 9.59 Å². The Morgan fingerprint density at radius 2 is 1.96 bits per heavy atom. The zero-order chi connectivity index (χ0) is 19.3. The molecule has 0 aromatic carbocycles. The van der Waals surface area contributed by atoms with Crippen LogP contribution in [0.5, 0.6) is 0 Å². The maximum absolute atomic E-state index is 13.2. The fourth-order valence-electron chi connectivity index (χ4n) is 4.25. The summed E-state index contributed by atoms with van der Waals surface area (Å²) in [5.74, 6) is -0.386. The predicted octanol–water partition coefficient (Wildman–Crippen LogP) is 3.42. The highest BCUT2D eigenvalue weighted by atomic mass is 32.1. The van der Waals surface area contributed by atoms with E-state index >= 15 is 0 Å². The molecule has 0 unspecified atom stereocenters. The van der Waals surface area contributed by atoms with Gasteiger partial charge in [-0.2, -0.15) is 0 Å². The third kappa shape index (κ3) is 3.42. The third-order valence-corrected chi connectivity index (χ3v) is 6.08. The molecule has 0 aliphatic carbocycles. The SMILES string of the molecule is CCOC(=O)c1sc2ncn(C3CC(C)(C)NC(C)(C)C3)c(=O)c2c1C. The second kappa shape index (κ2) is 6.46. The molecule has 2 aromatic heterocycles. The topological polar surface area (TPSA) is 73.2 Å². The molecule has 0 bridgehead atoms. The van der Waals surface area contributed by atoms with Crippen LogP contribution in [0.2, 0.25) is 0 Å². The van der Waals surface area contributed by atoms with Crippen molar-refractivity contribution in [3.05, 3.63) is 27.1 Å². The number of thiophene rings is 1. The zero-order valence-electron chi connectivity index (χ0n) is 16.3. The third-order valence-electron chi connectivity index (χ3n) is 4.90. The van der Waals surface area contributed by atoms with Crippen molar-refractivity contribution < 1.29 is 9.53 Å². The van der Waals surface area contributed by atoms with Gasteiger partial charge in [0.05, 0.1) is 18.3 Å². The number of piperidine rings is 1. The summed E-state index contributed by atoms with van der Waals surface area (Å²) in [6.07, 6.45) is 3.33. The molecule has 0 radical (unpaired) electrons. The summed E-state index contributed by atoms with van der Waals surface area (Å²) in [5, 5.41) is 4.17. The van der Waals surface area contributed by atoms with Crippen LogP contribution in [0, 0.1) is 6.92 Å². The molecule has 26 heavy (non-hydrogen) atoms. The molecule has 142 valence electrons. The highest BCUT2D eigenvalue weighted by molar-refractivity contribution is 7.20. The average molecular weight is 378 g/mol. The van der Waals surface area contributed by atoms with E-state index < -0.39 is 0 Å². The molecule has 1 aliphatic rings. The number of nitrogens with one attached hydrogen (secondary N) is 1. The highest BCUT2D eigenvalue weighted by Crippen LogP contribution is 2.36. The Balaban J connectivity index is 2.09. The van der Waals surface area contributed by atoms with Crippen molar-refractivity contribution in [2.75, 3.05) is 6.61 Å². The Labute approximate surface area is 157 Å². The van der Waals surface area contributed by atoms with E-state index in [2.05, 4.69) is 38.0 Å². The first-order valence-corrected chi connectivity index (χ1v) is 9.83. The number of hydrogen-bond acceptors (Lipinski definition) is 6. The number of hydrogen-bond donors (Lipinski definition) is 1. The number of esters is 1. The molecule has 1 fully saturated rings. The highest BCUT2D eigenvalue weighted by Gasteiger charge is 2.39. The van der Waals surface area contributed by atoms with Gasteiger partial charge in [-0.3, -0.25) is 9.36 Å². The Bertz CT molecular complexity index is 895. The van der Waals surface area contributed by atoms with Crippen molar-refractivity contribution in [1.29, 1.82) is 0 Å². The fraction of sp³-hybridized carbons (Fsp3) is 0.632. The molecular formula is C19H27N3O3S. The molecule has 2 aromatic rings. The van der Waals surface area contributed by atoms with Crippen LogP contribution in [0.25, 0.3) is 10.2 Å². The molecule has 0 amide bonds. The predicted molar refractivity (Wildman–Crippen MR) is 104 cm³/mol. The minimum absolute atomic E-state index is 0.0657. The van der Waals surface area contributed by atoms with Gasteiger partial charge in [0.2, 0.25) is 0 Å². The first kappa shape index (κ1) is 19.0. The number of nitrogens with zero attached hydrogens (tertiary/aromatic N) is 2. The van der Waals surface area contributed by atoms with Gasteiger partial charge in [0.15, 0.2) is 0 Å². The number of carbonyl (C=O) groups excluding carboxylic acids is 1. The van der Waals surface area contributed by atoms with E-state index in [0.29, 0.717) is 27.3 Å². The van der Waals surface area contributed by atoms with Crippen molar-refractivity contribution in [2.24, 2.45) is 0 Å². The average Bonchev–Trinajstić information content (AvgIpc) is 2.82. The van der Waals surface area contributed by atoms with Gasteiger partial charge in [-0.05, 0) is 59.9 Å². The first-order chi connectivity index (χ1) is 12.0. The van der Waals surface area contributed by atoms with E-state index in [0.717, 1.165) is 12.8 Å². The molecule has 0 atom stereocenters. The van der Waals surface area contributed by atoms with Gasteiger partial charge in [0.1, 0.15) is 9.71 Å². The minimum atomic E-state index is -0.386. The second-order valence-electron chi connectivity index (χ2n) is 8.37. The summed E-state index contributed by atoms with van der Waals surface area (Å²) < 4.78 is 6.86. The van der Waals surface area contributed by atoms with Crippen LogP contribution in [0.15, 0.2) is 11.1 Å². The van der Waals surface area contributed by atoms with Crippen LogP contribution in [-0.2, 0) is 4.74 Å². The van der Waals surface area contributed by atoms with E-state index in [4.69, 9.17) is 4.74 Å². The molecule has 0 spiro atoms. The van der Waals surface area contributed by atoms with Crippen LogP contribution in [-0.4, -0.2) is 33.2 Å². The van der Waals surface area contributed by atoms with Gasteiger partial charge in [-0.1, -0.05) is 0 Å². The number of aromatic nitrogens is 2. The van der Waals surface area contributed by atoms with Crippen molar-refractivity contribution in [1.82, 2.24) is 14.9 Å². The summed E-state index contributed by atoms with van der Waals surface area (Å²) in [6, 6.07) is 0.0657. The summed E-state index contributed by atoms with van der Waals surface area (Å²) in [7, 11) is 0. The van der Waals surface area contributed by atoms with E-state index in [1.807, 2.05) is 0 Å². The lowest BCUT2D eigenvalue weighted by Crippen LogP contribution is -2.58. The fourth-order valence-corrected chi connectivity index (χ4v) is 5.29. The standard InChI is InChI=1S/C19H27N3O3S/c1-7-25-17(24)14-11(2)13-15(26-14)20-10-22(16(13)23)12-8-18(3,4)21-19(5,6)9-12/h10,12,21H,7-9H2,1-6H3. The maximum atomic E-state index is 13.2. The number of carbonyl (C=O) groups is 1. The van der Waals surface area contributed by atoms with Crippen molar-refractivity contribution >= 4 is 27.5 Å². The summed E-state index contributed by atoms with van der Waals surface area (Å²) in [5.41, 5.74) is 0.460. The monoisotopic (exact) mass is 377 g/mol. The summed E-state index contributed by atoms with van der Waals surface area (Å²) in [4.78, 5) is 30.9. The van der Waals surface area contributed by atoms with Gasteiger partial charge in [0, 0.05) is 17.1 Å². The van der Waals surface area contributed by atoms with E-state index in [1.165, 1.54) is 11.3 Å². The number of ether oxygens (including phenoxy) is 1. The lowest BCUT2D eigenvalue weighted by Gasteiger charge is -2.46. The molecule has 1 saturated heterocycles. The van der Waals surface area contributed by atoms with Gasteiger partial charge in [-0.15, -0.1) is 11.3 Å². The van der Waals surface area contributed by atoms with Crippen LogP contribution >= 0.6 is 11.3 Å². The molecule has 7 heteroatoms. The molecular weight excluding hydrogens is 350 g/mol. The smallest absolute Gasteiger partial charge is 0.348 e. The first-order valence-electron chi connectivity index (χ1n) is 9.01. The van der Waals surface area contributed by atoms with Gasteiger partial charge < -0.3 is 10.1 Å². The number of aryl methyl sites for hydroxylation is 1. The van der Waals surface area contributed by atoms with Crippen LogP contribution in [0.1, 0.15) is 68.7 Å². The Morgan fingerprint density at radius 3 is 2.54 bits per heavy atom. The van der Waals surface area contributed by atoms with Crippen LogP contribution in [0.4, 0.5) is 0 Å². The molecule has 6 nitrogen and oxygen atoms in total. The molecule has 1 N–H and O–H groups in total. The Hall–Kier alpha value is -1.73. The summed E-state index contributed by atoms with van der Waals surface area (Å²) >= 11 is 1.23. The van der Waals surface area contributed by atoms with Gasteiger partial charge in [-0.25, -0.2) is 9.78 Å². The number of fused-ring (bicyclic) bond motifs is 1. The normalized spacial score (nSPS) is 19.6. The summed E-state index contributed by atoms with van der Waals surface area (Å²) in [6.45, 7) is 12.5. The van der Waals surface area contributed by atoms with Crippen LogP contribution in [0.3, 0.4) is 0 Å². The largest absolute Gasteiger partial charge is 0.462 e. The lowest BCUT2D eigenvalue weighted by atomic mass is 9.79. The number of rotatable bonds is 3. The van der Waals surface area contributed by atoms with Gasteiger partial charge >= 0.3 is 5.97 Å². The van der Waals surface area contributed by atoms with Crippen molar-refractivity contribution in [3.63, 3.8) is 0 Å². The molecule has 3 rings (SSSR count). The zero-order valence-corrected chi connectivity index (χ0v) is 17.1. The van der Waals surface area contributed by atoms with Gasteiger partial charge in [0.25, 0.3) is 5.56 Å².